The number of aliphatic carboxylic acids is 1. The summed E-state index contributed by atoms with van der Waals surface area (Å²) in [5.41, 5.74) is 2.35. The summed E-state index contributed by atoms with van der Waals surface area (Å²) >= 11 is 0. The van der Waals surface area contributed by atoms with E-state index in [1.54, 1.807) is 49.4 Å². The van der Waals surface area contributed by atoms with Gasteiger partial charge in [-0.3, -0.25) is 4.79 Å². The van der Waals surface area contributed by atoms with Crippen molar-refractivity contribution in [3.8, 4) is 34.0 Å². The maximum atomic E-state index is 13.9. The molecule has 0 aliphatic carbocycles. The fraction of sp³-hybridized carbons (Fsp3) is 0.222. The zero-order valence-electron chi connectivity index (χ0n) is 19.1. The van der Waals surface area contributed by atoms with Crippen LogP contribution in [0.25, 0.3) is 34.0 Å². The minimum atomic E-state index is -4.57. The molecule has 0 spiro atoms. The van der Waals surface area contributed by atoms with Crippen LogP contribution in [0, 0.1) is 6.92 Å². The lowest BCUT2D eigenvalue weighted by Crippen LogP contribution is -2.08. The first kappa shape index (κ1) is 24.2. The molecule has 5 nitrogen and oxygen atoms in total. The Bertz CT molecular complexity index is 1340. The Kier molecular flexibility index (Phi) is 6.73. The molecule has 0 fully saturated rings. The number of carboxylic acid groups (broad SMARTS) is 1. The second-order valence-electron chi connectivity index (χ2n) is 8.45. The van der Waals surface area contributed by atoms with Crippen LogP contribution < -0.4 is 0 Å². The molecule has 1 heterocycles. The summed E-state index contributed by atoms with van der Waals surface area (Å²) in [5.74, 6) is -0.538. The van der Waals surface area contributed by atoms with E-state index in [4.69, 9.17) is 9.63 Å². The van der Waals surface area contributed by atoms with E-state index < -0.39 is 17.7 Å². The zero-order chi connectivity index (χ0) is 25.2. The normalized spacial score (nSPS) is 12.5. The number of nitrogens with zero attached hydrogens (tertiary/aromatic N) is 2. The number of aryl methyl sites for hydroxylation is 1. The molecule has 0 amide bonds. The zero-order valence-corrected chi connectivity index (χ0v) is 19.1. The van der Waals surface area contributed by atoms with Crippen LogP contribution in [0.4, 0.5) is 13.2 Å². The fourth-order valence-electron chi connectivity index (χ4n) is 3.95. The Morgan fingerprint density at radius 1 is 1.00 bits per heavy atom. The predicted octanol–water partition coefficient (Wildman–Crippen LogP) is 7.37. The Balaban J connectivity index is 1.62. The van der Waals surface area contributed by atoms with E-state index >= 15 is 0 Å². The molecule has 0 saturated heterocycles. The highest BCUT2D eigenvalue weighted by Gasteiger charge is 2.34. The number of halogens is 3. The number of rotatable bonds is 7. The van der Waals surface area contributed by atoms with Gasteiger partial charge in [-0.1, -0.05) is 66.7 Å². The first-order valence-corrected chi connectivity index (χ1v) is 11.1. The molecule has 1 N–H and O–H groups in total. The minimum absolute atomic E-state index is 0.0132. The molecule has 0 bridgehead atoms. The smallest absolute Gasteiger partial charge is 0.417 e. The Morgan fingerprint density at radius 3 is 2.34 bits per heavy atom. The van der Waals surface area contributed by atoms with Crippen molar-refractivity contribution in [1.82, 2.24) is 10.1 Å². The maximum absolute atomic E-state index is 13.9. The van der Waals surface area contributed by atoms with Crippen LogP contribution in [0.3, 0.4) is 0 Å². The standard InChI is InChI=1S/C27H23F3N2O3/c1-16(7-14-24(33)34)18-8-10-19(11-9-18)25-31-26(35-32-25)20-12-13-22(23(15-20)27(28,29)30)21-6-4-3-5-17(21)2/h3-6,8-13,15-16H,7,14H2,1-2H3,(H,33,34)/t16-/m1/s1. The lowest BCUT2D eigenvalue weighted by molar-refractivity contribution is -0.138. The number of carbonyl (C=O) groups is 1. The van der Waals surface area contributed by atoms with E-state index in [1.807, 2.05) is 19.1 Å². The van der Waals surface area contributed by atoms with Gasteiger partial charge in [-0.25, -0.2) is 0 Å². The Labute approximate surface area is 200 Å². The molecule has 0 radical (unpaired) electrons. The van der Waals surface area contributed by atoms with Gasteiger partial charge in [0, 0.05) is 17.5 Å². The molecule has 0 aliphatic rings. The van der Waals surface area contributed by atoms with Crippen LogP contribution in [0.2, 0.25) is 0 Å². The van der Waals surface area contributed by atoms with Gasteiger partial charge in [0.05, 0.1) is 5.56 Å². The first-order valence-electron chi connectivity index (χ1n) is 11.1. The van der Waals surface area contributed by atoms with Crippen LogP contribution in [0.1, 0.15) is 42.4 Å². The highest BCUT2D eigenvalue weighted by atomic mass is 19.4. The highest BCUT2D eigenvalue weighted by Crippen LogP contribution is 2.40. The third-order valence-electron chi connectivity index (χ3n) is 5.96. The number of carboxylic acids is 1. The van der Waals surface area contributed by atoms with Gasteiger partial charge < -0.3 is 9.63 Å². The molecule has 3 aromatic carbocycles. The molecule has 0 unspecified atom stereocenters. The average molecular weight is 480 g/mol. The summed E-state index contributed by atoms with van der Waals surface area (Å²) in [6.45, 7) is 3.72. The van der Waals surface area contributed by atoms with Gasteiger partial charge in [0.15, 0.2) is 0 Å². The van der Waals surface area contributed by atoms with Crippen molar-refractivity contribution in [3.05, 3.63) is 83.4 Å². The minimum Gasteiger partial charge on any atom is -0.481 e. The van der Waals surface area contributed by atoms with Crippen molar-refractivity contribution in [2.45, 2.75) is 38.8 Å². The van der Waals surface area contributed by atoms with Crippen molar-refractivity contribution in [2.24, 2.45) is 0 Å². The number of alkyl halides is 3. The number of aromatic nitrogens is 2. The van der Waals surface area contributed by atoms with Crippen LogP contribution >= 0.6 is 0 Å². The topological polar surface area (TPSA) is 76.2 Å². The molecule has 0 saturated carbocycles. The fourth-order valence-corrected chi connectivity index (χ4v) is 3.95. The molecule has 8 heteroatoms. The second kappa shape index (κ2) is 9.74. The second-order valence-corrected chi connectivity index (χ2v) is 8.45. The summed E-state index contributed by atoms with van der Waals surface area (Å²) in [5, 5.41) is 12.8. The average Bonchev–Trinajstić information content (AvgIpc) is 3.32. The van der Waals surface area contributed by atoms with Crippen LogP contribution in [-0.4, -0.2) is 21.2 Å². The van der Waals surface area contributed by atoms with Gasteiger partial charge in [-0.05, 0) is 53.6 Å². The lowest BCUT2D eigenvalue weighted by Gasteiger charge is -2.15. The summed E-state index contributed by atoms with van der Waals surface area (Å²) in [7, 11) is 0. The quantitative estimate of drug-likeness (QED) is 0.299. The van der Waals surface area contributed by atoms with Crippen LogP contribution in [0.5, 0.6) is 0 Å². The maximum Gasteiger partial charge on any atom is 0.417 e. The van der Waals surface area contributed by atoms with E-state index in [1.165, 1.54) is 6.07 Å². The van der Waals surface area contributed by atoms with Gasteiger partial charge in [0.25, 0.3) is 5.89 Å². The molecule has 0 aliphatic heterocycles. The molecular weight excluding hydrogens is 457 g/mol. The largest absolute Gasteiger partial charge is 0.481 e. The lowest BCUT2D eigenvalue weighted by atomic mass is 9.94. The number of hydrogen-bond acceptors (Lipinski definition) is 4. The third-order valence-corrected chi connectivity index (χ3v) is 5.96. The van der Waals surface area contributed by atoms with E-state index in [0.29, 0.717) is 17.5 Å². The molecule has 1 aromatic heterocycles. The molecule has 4 aromatic rings. The number of benzene rings is 3. The monoisotopic (exact) mass is 480 g/mol. The highest BCUT2D eigenvalue weighted by molar-refractivity contribution is 5.74. The van der Waals surface area contributed by atoms with E-state index in [0.717, 1.165) is 17.2 Å². The van der Waals surface area contributed by atoms with Gasteiger partial charge in [-0.15, -0.1) is 0 Å². The van der Waals surface area contributed by atoms with Gasteiger partial charge in [0.2, 0.25) is 5.82 Å². The van der Waals surface area contributed by atoms with E-state index in [2.05, 4.69) is 10.1 Å². The van der Waals surface area contributed by atoms with Crippen LogP contribution in [0.15, 0.2) is 71.3 Å². The van der Waals surface area contributed by atoms with Gasteiger partial charge in [0.1, 0.15) is 0 Å². The van der Waals surface area contributed by atoms with Crippen molar-refractivity contribution in [1.29, 1.82) is 0 Å². The SMILES string of the molecule is Cc1ccccc1-c1ccc(-c2nc(-c3ccc([C@H](C)CCC(=O)O)cc3)no2)cc1C(F)(F)F. The summed E-state index contributed by atoms with van der Waals surface area (Å²) in [6, 6.07) is 18.2. The van der Waals surface area contributed by atoms with Gasteiger partial charge in [-0.2, -0.15) is 18.2 Å². The number of hydrogen-bond donors (Lipinski definition) is 1. The third kappa shape index (κ3) is 5.42. The predicted molar refractivity (Wildman–Crippen MR) is 126 cm³/mol. The summed E-state index contributed by atoms with van der Waals surface area (Å²) < 4.78 is 47.1. The molecule has 180 valence electrons. The van der Waals surface area contributed by atoms with Gasteiger partial charge >= 0.3 is 12.1 Å². The summed E-state index contributed by atoms with van der Waals surface area (Å²) in [4.78, 5) is 15.1. The molecular formula is C27H23F3N2O3. The Morgan fingerprint density at radius 2 is 1.69 bits per heavy atom. The van der Waals surface area contributed by atoms with Crippen molar-refractivity contribution in [2.75, 3.05) is 0 Å². The van der Waals surface area contributed by atoms with Crippen molar-refractivity contribution >= 4 is 5.97 Å². The molecule has 1 atom stereocenters. The van der Waals surface area contributed by atoms with Crippen molar-refractivity contribution in [3.63, 3.8) is 0 Å². The van der Waals surface area contributed by atoms with E-state index in [-0.39, 0.29) is 35.2 Å². The summed E-state index contributed by atoms with van der Waals surface area (Å²) in [6.07, 6.45) is -3.97. The Hall–Kier alpha value is -3.94. The van der Waals surface area contributed by atoms with Crippen molar-refractivity contribution < 1.29 is 27.6 Å². The van der Waals surface area contributed by atoms with Crippen LogP contribution in [-0.2, 0) is 11.0 Å². The molecule has 4 rings (SSSR count). The van der Waals surface area contributed by atoms with E-state index in [9.17, 15) is 18.0 Å². The first-order chi connectivity index (χ1) is 16.6. The molecule has 35 heavy (non-hydrogen) atoms.